The molecule has 2 N–H and O–H groups in total. The van der Waals surface area contributed by atoms with Crippen molar-refractivity contribution in [2.24, 2.45) is 0 Å². The summed E-state index contributed by atoms with van der Waals surface area (Å²) < 4.78 is 25.7. The Hall–Kier alpha value is -2.26. The van der Waals surface area contributed by atoms with E-state index in [1.165, 1.54) is 13.2 Å². The number of nitrogens with one attached hydrogen (secondary N) is 2. The van der Waals surface area contributed by atoms with Gasteiger partial charge in [-0.05, 0) is 38.4 Å². The van der Waals surface area contributed by atoms with Crippen molar-refractivity contribution >= 4 is 21.7 Å². The molecule has 0 radical (unpaired) electrons. The van der Waals surface area contributed by atoms with Gasteiger partial charge in [0.1, 0.15) is 22.9 Å². The van der Waals surface area contributed by atoms with E-state index in [9.17, 15) is 8.42 Å². The van der Waals surface area contributed by atoms with E-state index < -0.39 is 10.0 Å². The zero-order chi connectivity index (χ0) is 18.6. The van der Waals surface area contributed by atoms with Gasteiger partial charge in [-0.3, -0.25) is 0 Å². The zero-order valence-corrected chi connectivity index (χ0v) is 15.8. The summed E-state index contributed by atoms with van der Waals surface area (Å²) >= 11 is 0. The van der Waals surface area contributed by atoms with E-state index in [-0.39, 0.29) is 4.90 Å². The third-order valence-corrected chi connectivity index (χ3v) is 5.96. The highest BCUT2D eigenvalue weighted by molar-refractivity contribution is 7.89. The molecule has 0 spiro atoms. The van der Waals surface area contributed by atoms with Crippen molar-refractivity contribution in [3.05, 3.63) is 36.4 Å². The van der Waals surface area contributed by atoms with Gasteiger partial charge in [0.25, 0.3) is 0 Å². The molecule has 1 aliphatic heterocycles. The average Bonchev–Trinajstić information content (AvgIpc) is 2.69. The van der Waals surface area contributed by atoms with Crippen LogP contribution in [0.3, 0.4) is 0 Å². The average molecular weight is 376 g/mol. The molecule has 3 rings (SSSR count). The molecule has 1 fully saturated rings. The Bertz CT molecular complexity index is 833. The SMILES string of the molecule is CCc1cc(N2CCC(Nc3ccc(S(=O)(=O)NC)cn3)CC2)ncn1. The molecule has 140 valence electrons. The molecule has 0 saturated carbocycles. The molecular formula is C17H24N6O2S. The van der Waals surface area contributed by atoms with Gasteiger partial charge < -0.3 is 10.2 Å². The van der Waals surface area contributed by atoms with Crippen LogP contribution in [0.4, 0.5) is 11.6 Å². The first kappa shape index (κ1) is 18.5. The number of aromatic nitrogens is 3. The third kappa shape index (κ3) is 4.28. The van der Waals surface area contributed by atoms with Gasteiger partial charge in [0, 0.05) is 37.1 Å². The van der Waals surface area contributed by atoms with E-state index in [0.29, 0.717) is 11.9 Å². The predicted octanol–water partition coefficient (Wildman–Crippen LogP) is 1.42. The highest BCUT2D eigenvalue weighted by atomic mass is 32.2. The summed E-state index contributed by atoms with van der Waals surface area (Å²) in [7, 11) is -2.07. The number of sulfonamides is 1. The first-order valence-corrected chi connectivity index (χ1v) is 10.2. The molecule has 3 heterocycles. The first-order valence-electron chi connectivity index (χ1n) is 8.74. The smallest absolute Gasteiger partial charge is 0.241 e. The number of nitrogens with zero attached hydrogens (tertiary/aromatic N) is 4. The van der Waals surface area contributed by atoms with Gasteiger partial charge in [-0.1, -0.05) is 6.92 Å². The van der Waals surface area contributed by atoms with Crippen LogP contribution in [0.1, 0.15) is 25.5 Å². The van der Waals surface area contributed by atoms with Crippen molar-refractivity contribution in [1.29, 1.82) is 0 Å². The van der Waals surface area contributed by atoms with Crippen molar-refractivity contribution in [1.82, 2.24) is 19.7 Å². The minimum Gasteiger partial charge on any atom is -0.367 e. The molecule has 8 nitrogen and oxygen atoms in total. The van der Waals surface area contributed by atoms with Crippen LogP contribution in [0.15, 0.2) is 35.6 Å². The van der Waals surface area contributed by atoms with Crippen LogP contribution in [0.5, 0.6) is 0 Å². The normalized spacial score (nSPS) is 15.8. The minimum absolute atomic E-state index is 0.163. The molecule has 1 saturated heterocycles. The number of aryl methyl sites for hydroxylation is 1. The molecule has 0 atom stereocenters. The second-order valence-corrected chi connectivity index (χ2v) is 8.10. The number of anilines is 2. The van der Waals surface area contributed by atoms with Crippen molar-refractivity contribution in [2.45, 2.75) is 37.1 Å². The lowest BCUT2D eigenvalue weighted by Crippen LogP contribution is -2.39. The van der Waals surface area contributed by atoms with Crippen molar-refractivity contribution in [3.63, 3.8) is 0 Å². The molecular weight excluding hydrogens is 352 g/mol. The van der Waals surface area contributed by atoms with Crippen LogP contribution in [-0.4, -0.2) is 49.5 Å². The largest absolute Gasteiger partial charge is 0.367 e. The number of hydrogen-bond acceptors (Lipinski definition) is 7. The Morgan fingerprint density at radius 3 is 2.58 bits per heavy atom. The molecule has 26 heavy (non-hydrogen) atoms. The molecule has 0 unspecified atom stereocenters. The first-order chi connectivity index (χ1) is 12.5. The number of hydrogen-bond donors (Lipinski definition) is 2. The molecule has 2 aromatic heterocycles. The lowest BCUT2D eigenvalue weighted by molar-refractivity contribution is 0.522. The fourth-order valence-electron chi connectivity index (χ4n) is 2.96. The second kappa shape index (κ2) is 7.96. The number of rotatable bonds is 6. The summed E-state index contributed by atoms with van der Waals surface area (Å²) in [5.74, 6) is 1.67. The van der Waals surface area contributed by atoms with E-state index in [0.717, 1.165) is 43.9 Å². The highest BCUT2D eigenvalue weighted by Crippen LogP contribution is 2.20. The van der Waals surface area contributed by atoms with Gasteiger partial charge in [-0.15, -0.1) is 0 Å². The number of pyridine rings is 1. The van der Waals surface area contributed by atoms with E-state index in [4.69, 9.17) is 0 Å². The van der Waals surface area contributed by atoms with Gasteiger partial charge in [-0.2, -0.15) is 0 Å². The summed E-state index contributed by atoms with van der Waals surface area (Å²) in [5, 5.41) is 3.39. The number of piperidine rings is 1. The van der Waals surface area contributed by atoms with E-state index >= 15 is 0 Å². The summed E-state index contributed by atoms with van der Waals surface area (Å²) in [6.45, 7) is 3.90. The van der Waals surface area contributed by atoms with Crippen molar-refractivity contribution in [2.75, 3.05) is 30.4 Å². The Morgan fingerprint density at radius 1 is 1.19 bits per heavy atom. The molecule has 0 aromatic carbocycles. The highest BCUT2D eigenvalue weighted by Gasteiger charge is 2.21. The Morgan fingerprint density at radius 2 is 1.96 bits per heavy atom. The predicted molar refractivity (Wildman–Crippen MR) is 101 cm³/mol. The van der Waals surface area contributed by atoms with Crippen LogP contribution < -0.4 is 14.9 Å². The zero-order valence-electron chi connectivity index (χ0n) is 15.0. The van der Waals surface area contributed by atoms with Gasteiger partial charge in [0.15, 0.2) is 0 Å². The molecule has 2 aromatic rings. The van der Waals surface area contributed by atoms with E-state index in [2.05, 4.69) is 42.9 Å². The van der Waals surface area contributed by atoms with Crippen LogP contribution in [0.25, 0.3) is 0 Å². The topological polar surface area (TPSA) is 100 Å². The van der Waals surface area contributed by atoms with Gasteiger partial charge in [-0.25, -0.2) is 28.1 Å². The maximum atomic E-state index is 11.7. The van der Waals surface area contributed by atoms with E-state index in [1.807, 2.05) is 0 Å². The Balaban J connectivity index is 1.57. The molecule has 1 aliphatic rings. The van der Waals surface area contributed by atoms with Crippen molar-refractivity contribution in [3.8, 4) is 0 Å². The van der Waals surface area contributed by atoms with E-state index in [1.54, 1.807) is 18.5 Å². The fourth-order valence-corrected chi connectivity index (χ4v) is 3.63. The summed E-state index contributed by atoms with van der Waals surface area (Å²) in [6, 6.07) is 5.62. The maximum absolute atomic E-state index is 11.7. The quantitative estimate of drug-likeness (QED) is 0.786. The minimum atomic E-state index is -3.45. The summed E-state index contributed by atoms with van der Waals surface area (Å²) in [4.78, 5) is 15.3. The molecule has 0 amide bonds. The monoisotopic (exact) mass is 376 g/mol. The van der Waals surface area contributed by atoms with Crippen LogP contribution in [0.2, 0.25) is 0 Å². The maximum Gasteiger partial charge on any atom is 0.241 e. The van der Waals surface area contributed by atoms with Gasteiger partial charge in [0.05, 0.1) is 0 Å². The van der Waals surface area contributed by atoms with Gasteiger partial charge >= 0.3 is 0 Å². The summed E-state index contributed by atoms with van der Waals surface area (Å²) in [6.07, 6.45) is 5.82. The lowest BCUT2D eigenvalue weighted by Gasteiger charge is -2.33. The fraction of sp³-hybridized carbons (Fsp3) is 0.471. The molecule has 0 bridgehead atoms. The van der Waals surface area contributed by atoms with Crippen LogP contribution >= 0.6 is 0 Å². The Kier molecular flexibility index (Phi) is 5.67. The standard InChI is InChI=1S/C17H24N6O2S/c1-3-13-10-17(21-12-20-13)23-8-6-14(7-9-23)22-16-5-4-15(11-19-16)26(24,25)18-2/h4-5,10-12,14,18H,3,6-9H2,1-2H3,(H,19,22). The lowest BCUT2D eigenvalue weighted by atomic mass is 10.0. The summed E-state index contributed by atoms with van der Waals surface area (Å²) in [5.41, 5.74) is 1.05. The second-order valence-electron chi connectivity index (χ2n) is 6.21. The molecule has 0 aliphatic carbocycles. The van der Waals surface area contributed by atoms with Crippen molar-refractivity contribution < 1.29 is 8.42 Å². The van der Waals surface area contributed by atoms with Gasteiger partial charge in [0.2, 0.25) is 10.0 Å². The van der Waals surface area contributed by atoms with Crippen LogP contribution in [0, 0.1) is 0 Å². The Labute approximate surface area is 154 Å². The third-order valence-electron chi connectivity index (χ3n) is 4.56. The van der Waals surface area contributed by atoms with Crippen LogP contribution in [-0.2, 0) is 16.4 Å². The molecule has 9 heteroatoms.